The second-order valence-corrected chi connectivity index (χ2v) is 10.8. The summed E-state index contributed by atoms with van der Waals surface area (Å²) in [7, 11) is 3.22. The number of aliphatic hydroxyl groups is 2. The van der Waals surface area contributed by atoms with Crippen LogP contribution in [-0.4, -0.2) is 71.8 Å². The maximum absolute atomic E-state index is 11.1. The van der Waals surface area contributed by atoms with Crippen LogP contribution in [-0.2, 0) is 12.8 Å². The number of β-amino-alcohol motifs (C(OH)–C–C–N with tert-alkyl or cyclic N) is 2. The molecule has 2 aliphatic rings. The molecule has 40 heavy (non-hydrogen) atoms. The minimum atomic E-state index is -0.769. The van der Waals surface area contributed by atoms with E-state index in [4.69, 9.17) is 9.47 Å². The summed E-state index contributed by atoms with van der Waals surface area (Å²) in [6.45, 7) is 2.93. The summed E-state index contributed by atoms with van der Waals surface area (Å²) in [6.07, 6.45) is 4.51. The van der Waals surface area contributed by atoms with Crippen LogP contribution in [0.25, 0.3) is 10.9 Å². The molecule has 3 N–H and O–H groups in total. The maximum Gasteiger partial charge on any atom is 0.162 e. The third-order valence-electron chi connectivity index (χ3n) is 7.72. The lowest BCUT2D eigenvalue weighted by atomic mass is 9.94. The molecular formula is C32H38N4O4. The molecule has 2 atom stereocenters. The molecule has 210 valence electrons. The van der Waals surface area contributed by atoms with Crippen LogP contribution in [0.2, 0.25) is 0 Å². The molecule has 0 spiro atoms. The van der Waals surface area contributed by atoms with Crippen molar-refractivity contribution in [3.63, 3.8) is 0 Å². The van der Waals surface area contributed by atoms with Crippen molar-refractivity contribution in [2.45, 2.75) is 36.9 Å². The highest BCUT2D eigenvalue weighted by molar-refractivity contribution is 5.92. The maximum atomic E-state index is 11.1. The first kappa shape index (κ1) is 27.8. The Balaban J connectivity index is 0.000000207. The fourth-order valence-electron chi connectivity index (χ4n) is 5.64. The van der Waals surface area contributed by atoms with Crippen molar-refractivity contribution in [2.24, 2.45) is 0 Å². The highest BCUT2D eigenvalue weighted by Gasteiger charge is 2.37. The summed E-state index contributed by atoms with van der Waals surface area (Å²) < 4.78 is 10.8. The van der Waals surface area contributed by atoms with E-state index in [1.165, 1.54) is 5.56 Å². The van der Waals surface area contributed by atoms with E-state index in [-0.39, 0.29) is 0 Å². The molecule has 3 aromatic carbocycles. The van der Waals surface area contributed by atoms with Gasteiger partial charge in [0.1, 0.15) is 12.1 Å². The van der Waals surface area contributed by atoms with Gasteiger partial charge in [-0.1, -0.05) is 60.7 Å². The normalized spacial score (nSPS) is 22.1. The summed E-state index contributed by atoms with van der Waals surface area (Å²) >= 11 is 0. The zero-order valence-electron chi connectivity index (χ0n) is 23.2. The van der Waals surface area contributed by atoms with Gasteiger partial charge in [0.25, 0.3) is 0 Å². The van der Waals surface area contributed by atoms with Crippen molar-refractivity contribution in [2.75, 3.05) is 45.3 Å². The summed E-state index contributed by atoms with van der Waals surface area (Å²) in [4.78, 5) is 11.0. The number of methoxy groups -OCH3 is 2. The Kier molecular flexibility index (Phi) is 8.49. The zero-order valence-corrected chi connectivity index (χ0v) is 23.2. The molecule has 2 unspecified atom stereocenters. The lowest BCUT2D eigenvalue weighted by Gasteiger charge is -2.24. The van der Waals surface area contributed by atoms with Gasteiger partial charge in [0.15, 0.2) is 11.5 Å². The standard InChI is InChI=1S/C21H23N3O3.C11H15NO/c1-26-18-10-16-17(11-19(18)27-2)22-14-23-20(16)24-9-8-21(25,13-24)12-15-6-4-3-5-7-15;13-11(6-7-12-9-11)8-10-4-2-1-3-5-10/h3-7,10-11,14,25H,8-9,12-13H2,1-2H3;1-5,12-13H,6-9H2. The number of fused-ring (bicyclic) bond motifs is 1. The van der Waals surface area contributed by atoms with Crippen molar-refractivity contribution < 1.29 is 19.7 Å². The Morgan fingerprint density at radius 2 is 1.45 bits per heavy atom. The van der Waals surface area contributed by atoms with E-state index in [2.05, 4.69) is 44.5 Å². The molecule has 2 saturated heterocycles. The van der Waals surface area contributed by atoms with Gasteiger partial charge in [-0.2, -0.15) is 0 Å². The second-order valence-electron chi connectivity index (χ2n) is 10.8. The van der Waals surface area contributed by atoms with E-state index in [9.17, 15) is 10.2 Å². The molecular weight excluding hydrogens is 504 g/mol. The molecule has 0 saturated carbocycles. The molecule has 8 nitrogen and oxygen atoms in total. The average molecular weight is 543 g/mol. The van der Waals surface area contributed by atoms with E-state index in [0.717, 1.165) is 54.8 Å². The van der Waals surface area contributed by atoms with Crippen LogP contribution in [0.15, 0.2) is 79.1 Å². The van der Waals surface area contributed by atoms with Crippen molar-refractivity contribution >= 4 is 16.7 Å². The molecule has 3 heterocycles. The predicted octanol–water partition coefficient (Wildman–Crippen LogP) is 3.78. The first-order valence-corrected chi connectivity index (χ1v) is 13.8. The van der Waals surface area contributed by atoms with Crippen LogP contribution in [0.4, 0.5) is 5.82 Å². The monoisotopic (exact) mass is 542 g/mol. The summed E-state index contributed by atoms with van der Waals surface area (Å²) in [6, 6.07) is 24.0. The van der Waals surface area contributed by atoms with Gasteiger partial charge in [0.05, 0.1) is 30.9 Å². The number of nitrogens with one attached hydrogen (secondary N) is 1. The zero-order chi connectivity index (χ0) is 28.0. The molecule has 1 aromatic heterocycles. The van der Waals surface area contributed by atoms with Gasteiger partial charge in [-0.25, -0.2) is 9.97 Å². The average Bonchev–Trinajstić information content (AvgIpc) is 3.58. The molecule has 4 aromatic rings. The van der Waals surface area contributed by atoms with Gasteiger partial charge in [-0.15, -0.1) is 0 Å². The Hall–Kier alpha value is -3.72. The smallest absolute Gasteiger partial charge is 0.162 e. The summed E-state index contributed by atoms with van der Waals surface area (Å²) in [5.74, 6) is 2.08. The molecule has 2 fully saturated rings. The highest BCUT2D eigenvalue weighted by Crippen LogP contribution is 2.37. The Morgan fingerprint density at radius 3 is 2.05 bits per heavy atom. The number of anilines is 1. The molecule has 2 aliphatic heterocycles. The number of hydrogen-bond acceptors (Lipinski definition) is 8. The lowest BCUT2D eigenvalue weighted by molar-refractivity contribution is 0.0617. The van der Waals surface area contributed by atoms with Crippen molar-refractivity contribution in [3.05, 3.63) is 90.3 Å². The van der Waals surface area contributed by atoms with Crippen LogP contribution in [0.3, 0.4) is 0 Å². The van der Waals surface area contributed by atoms with Gasteiger partial charge < -0.3 is 29.9 Å². The predicted molar refractivity (Wildman–Crippen MR) is 157 cm³/mol. The minimum absolute atomic E-state index is 0.513. The SMILES string of the molecule is COc1cc2ncnc(N3CCC(O)(Cc4ccccc4)C3)c2cc1OC.OC1(Cc2ccccc2)CCNC1. The fraction of sp³-hybridized carbons (Fsp3) is 0.375. The van der Waals surface area contributed by atoms with Gasteiger partial charge >= 0.3 is 0 Å². The van der Waals surface area contributed by atoms with Crippen LogP contribution >= 0.6 is 0 Å². The number of aromatic nitrogens is 2. The molecule has 0 bridgehead atoms. The number of benzene rings is 3. The number of nitrogens with zero attached hydrogens (tertiary/aromatic N) is 3. The third-order valence-corrected chi connectivity index (χ3v) is 7.72. The van der Waals surface area contributed by atoms with Crippen LogP contribution in [0.5, 0.6) is 11.5 Å². The van der Waals surface area contributed by atoms with Crippen LogP contribution in [0, 0.1) is 0 Å². The van der Waals surface area contributed by atoms with Crippen molar-refractivity contribution in [1.82, 2.24) is 15.3 Å². The molecule has 0 aliphatic carbocycles. The van der Waals surface area contributed by atoms with E-state index in [1.54, 1.807) is 20.5 Å². The van der Waals surface area contributed by atoms with Crippen molar-refractivity contribution in [1.29, 1.82) is 0 Å². The molecule has 6 rings (SSSR count). The summed E-state index contributed by atoms with van der Waals surface area (Å²) in [5.41, 5.74) is 1.86. The Bertz CT molecular complexity index is 1400. The van der Waals surface area contributed by atoms with Gasteiger partial charge in [0, 0.05) is 43.9 Å². The quantitative estimate of drug-likeness (QED) is 0.325. The van der Waals surface area contributed by atoms with Gasteiger partial charge in [-0.05, 0) is 36.6 Å². The lowest BCUT2D eigenvalue weighted by Crippen LogP contribution is -2.35. The number of hydrogen-bond donors (Lipinski definition) is 3. The first-order chi connectivity index (χ1) is 19.4. The van der Waals surface area contributed by atoms with Gasteiger partial charge in [0.2, 0.25) is 0 Å². The van der Waals surface area contributed by atoms with Gasteiger partial charge in [-0.3, -0.25) is 0 Å². The largest absolute Gasteiger partial charge is 0.493 e. The van der Waals surface area contributed by atoms with Crippen LogP contribution < -0.4 is 19.7 Å². The Labute approximate surface area is 235 Å². The molecule has 0 amide bonds. The highest BCUT2D eigenvalue weighted by atomic mass is 16.5. The number of ether oxygens (including phenoxy) is 2. The van der Waals surface area contributed by atoms with Crippen molar-refractivity contribution in [3.8, 4) is 11.5 Å². The van der Waals surface area contributed by atoms with E-state index >= 15 is 0 Å². The number of rotatable bonds is 7. The van der Waals surface area contributed by atoms with Crippen LogP contribution in [0.1, 0.15) is 24.0 Å². The molecule has 0 radical (unpaired) electrons. The summed E-state index contributed by atoms with van der Waals surface area (Å²) in [5, 5.41) is 25.3. The van der Waals surface area contributed by atoms with E-state index in [1.807, 2.05) is 48.5 Å². The third kappa shape index (κ3) is 6.53. The first-order valence-electron chi connectivity index (χ1n) is 13.8. The van der Waals surface area contributed by atoms with E-state index in [0.29, 0.717) is 30.9 Å². The Morgan fingerprint density at radius 1 is 0.825 bits per heavy atom. The topological polar surface area (TPSA) is 100.0 Å². The molecule has 8 heteroatoms. The van der Waals surface area contributed by atoms with E-state index < -0.39 is 11.2 Å². The second kappa shape index (κ2) is 12.2. The fourth-order valence-corrected chi connectivity index (χ4v) is 5.64. The minimum Gasteiger partial charge on any atom is -0.493 e.